The lowest BCUT2D eigenvalue weighted by Gasteiger charge is -2.09. The molecular weight excluding hydrogens is 344 g/mol. The molecule has 1 aliphatic heterocycles. The van der Waals surface area contributed by atoms with Crippen molar-refractivity contribution in [3.63, 3.8) is 0 Å². The van der Waals surface area contributed by atoms with E-state index in [0.29, 0.717) is 18.7 Å². The minimum Gasteiger partial charge on any atom is -0.326 e. The van der Waals surface area contributed by atoms with E-state index in [1.807, 2.05) is 29.8 Å². The number of amides is 1. The number of anilines is 1. The molecule has 0 spiro atoms. The molecule has 0 aliphatic carbocycles. The van der Waals surface area contributed by atoms with Crippen LogP contribution >= 0.6 is 0 Å². The van der Waals surface area contributed by atoms with Gasteiger partial charge in [-0.25, -0.2) is 0 Å². The van der Waals surface area contributed by atoms with Crippen molar-refractivity contribution in [3.8, 4) is 11.4 Å². The van der Waals surface area contributed by atoms with Gasteiger partial charge in [0.1, 0.15) is 0 Å². The Hall–Kier alpha value is -3.07. The normalized spacial score (nSPS) is 13.8. The lowest BCUT2D eigenvalue weighted by Crippen LogP contribution is -2.13. The minimum absolute atomic E-state index is 0.0373. The van der Waals surface area contributed by atoms with E-state index in [1.54, 1.807) is 0 Å². The first-order valence-electron chi connectivity index (χ1n) is 9.10. The van der Waals surface area contributed by atoms with Gasteiger partial charge < -0.3 is 10.6 Å². The van der Waals surface area contributed by atoms with Crippen LogP contribution < -0.4 is 10.6 Å². The molecule has 9 heteroatoms. The molecule has 0 saturated heterocycles. The summed E-state index contributed by atoms with van der Waals surface area (Å²) in [6.07, 6.45) is 2.08. The Morgan fingerprint density at radius 1 is 1.33 bits per heavy atom. The third-order valence-electron chi connectivity index (χ3n) is 4.67. The molecule has 4 rings (SSSR count). The van der Waals surface area contributed by atoms with Gasteiger partial charge in [-0.2, -0.15) is 10.3 Å². The van der Waals surface area contributed by atoms with E-state index in [2.05, 4.69) is 42.4 Å². The van der Waals surface area contributed by atoms with Gasteiger partial charge in [0.15, 0.2) is 0 Å². The van der Waals surface area contributed by atoms with Gasteiger partial charge in [-0.05, 0) is 42.8 Å². The average molecular weight is 366 g/mol. The number of aromatic amines is 1. The lowest BCUT2D eigenvalue weighted by molar-refractivity contribution is -0.116. The largest absolute Gasteiger partial charge is 0.326 e. The van der Waals surface area contributed by atoms with Gasteiger partial charge in [0, 0.05) is 37.2 Å². The maximum Gasteiger partial charge on any atom is 0.224 e. The third kappa shape index (κ3) is 4.03. The van der Waals surface area contributed by atoms with Crippen LogP contribution in [-0.4, -0.2) is 42.9 Å². The number of hydrogen-bond acceptors (Lipinski definition) is 6. The van der Waals surface area contributed by atoms with Crippen LogP contribution in [0.3, 0.4) is 0 Å². The fourth-order valence-electron chi connectivity index (χ4n) is 3.18. The fourth-order valence-corrected chi connectivity index (χ4v) is 3.18. The molecule has 3 aromatic rings. The molecule has 9 nitrogen and oxygen atoms in total. The Bertz CT molecular complexity index is 907. The summed E-state index contributed by atoms with van der Waals surface area (Å²) in [7, 11) is 0. The van der Waals surface area contributed by atoms with Crippen LogP contribution in [-0.2, 0) is 24.3 Å². The van der Waals surface area contributed by atoms with E-state index in [0.717, 1.165) is 48.6 Å². The van der Waals surface area contributed by atoms with Gasteiger partial charge in [0.2, 0.25) is 11.7 Å². The van der Waals surface area contributed by atoms with Crippen molar-refractivity contribution in [3.05, 3.63) is 41.2 Å². The maximum absolute atomic E-state index is 12.4. The smallest absolute Gasteiger partial charge is 0.224 e. The number of tetrazole rings is 1. The summed E-state index contributed by atoms with van der Waals surface area (Å²) in [6, 6.07) is 7.79. The van der Waals surface area contributed by atoms with Gasteiger partial charge in [-0.15, -0.1) is 10.2 Å². The number of fused-ring (bicyclic) bond motifs is 1. The summed E-state index contributed by atoms with van der Waals surface area (Å²) in [5.41, 5.74) is 4.69. The summed E-state index contributed by atoms with van der Waals surface area (Å²) in [5, 5.41) is 24.9. The molecule has 0 bridgehead atoms. The molecule has 0 radical (unpaired) electrons. The molecule has 3 heterocycles. The summed E-state index contributed by atoms with van der Waals surface area (Å²) in [6.45, 7) is 4.73. The Morgan fingerprint density at radius 3 is 3.11 bits per heavy atom. The van der Waals surface area contributed by atoms with Crippen LogP contribution in [0.15, 0.2) is 24.3 Å². The van der Waals surface area contributed by atoms with E-state index in [4.69, 9.17) is 0 Å². The summed E-state index contributed by atoms with van der Waals surface area (Å²) < 4.78 is 2.05. The molecule has 0 fully saturated rings. The summed E-state index contributed by atoms with van der Waals surface area (Å²) >= 11 is 0. The Balaban J connectivity index is 1.39. The van der Waals surface area contributed by atoms with Crippen LogP contribution in [0.1, 0.15) is 29.8 Å². The number of carbonyl (C=O) groups is 1. The third-order valence-corrected chi connectivity index (χ3v) is 4.67. The summed E-state index contributed by atoms with van der Waals surface area (Å²) in [5.74, 6) is 0.461. The number of benzene rings is 1. The highest BCUT2D eigenvalue weighted by Gasteiger charge is 2.13. The maximum atomic E-state index is 12.4. The molecule has 2 aromatic heterocycles. The highest BCUT2D eigenvalue weighted by Crippen LogP contribution is 2.22. The molecule has 1 aromatic carbocycles. The molecule has 140 valence electrons. The molecule has 0 atom stereocenters. The van der Waals surface area contributed by atoms with Crippen molar-refractivity contribution in [2.45, 2.75) is 39.3 Å². The lowest BCUT2D eigenvalue weighted by atomic mass is 10.1. The van der Waals surface area contributed by atoms with Crippen molar-refractivity contribution in [2.24, 2.45) is 0 Å². The van der Waals surface area contributed by atoms with E-state index >= 15 is 0 Å². The first-order chi connectivity index (χ1) is 13.2. The van der Waals surface area contributed by atoms with Crippen LogP contribution in [0.4, 0.5) is 5.69 Å². The molecule has 0 saturated carbocycles. The zero-order valence-electron chi connectivity index (χ0n) is 15.2. The Labute approximate surface area is 156 Å². The topological polar surface area (TPSA) is 113 Å². The van der Waals surface area contributed by atoms with Crippen molar-refractivity contribution in [1.82, 2.24) is 35.7 Å². The van der Waals surface area contributed by atoms with Gasteiger partial charge in [0.25, 0.3) is 0 Å². The average Bonchev–Trinajstić information content (AvgIpc) is 3.28. The SMILES string of the molecule is Cc1ccc(-c2nn[nH]n2)cc1NC(=O)CCc1cc2n(n1)CCCNC2. The first kappa shape index (κ1) is 17.3. The van der Waals surface area contributed by atoms with Crippen molar-refractivity contribution in [1.29, 1.82) is 0 Å². The van der Waals surface area contributed by atoms with Crippen LogP contribution in [0, 0.1) is 6.92 Å². The predicted molar refractivity (Wildman–Crippen MR) is 99.9 cm³/mol. The van der Waals surface area contributed by atoms with Gasteiger partial charge in [0.05, 0.1) is 11.4 Å². The van der Waals surface area contributed by atoms with E-state index in [1.165, 1.54) is 5.69 Å². The second kappa shape index (κ2) is 7.67. The second-order valence-electron chi connectivity index (χ2n) is 6.69. The highest BCUT2D eigenvalue weighted by atomic mass is 16.1. The number of nitrogens with one attached hydrogen (secondary N) is 3. The van der Waals surface area contributed by atoms with E-state index < -0.39 is 0 Å². The summed E-state index contributed by atoms with van der Waals surface area (Å²) in [4.78, 5) is 12.4. The van der Waals surface area contributed by atoms with Gasteiger partial charge in [-0.1, -0.05) is 12.1 Å². The number of rotatable bonds is 5. The molecule has 1 aliphatic rings. The van der Waals surface area contributed by atoms with Crippen LogP contribution in [0.5, 0.6) is 0 Å². The molecule has 3 N–H and O–H groups in total. The zero-order valence-corrected chi connectivity index (χ0v) is 15.2. The predicted octanol–water partition coefficient (Wildman–Crippen LogP) is 1.44. The molecule has 27 heavy (non-hydrogen) atoms. The minimum atomic E-state index is -0.0373. The molecule has 0 unspecified atom stereocenters. The number of carbonyl (C=O) groups excluding carboxylic acids is 1. The van der Waals surface area contributed by atoms with Crippen molar-refractivity contribution in [2.75, 3.05) is 11.9 Å². The van der Waals surface area contributed by atoms with Crippen molar-refractivity contribution < 1.29 is 4.79 Å². The zero-order chi connectivity index (χ0) is 18.6. The number of hydrogen-bond donors (Lipinski definition) is 3. The number of aryl methyl sites for hydroxylation is 3. The number of aromatic nitrogens is 6. The standard InChI is InChI=1S/C18H22N8O/c1-12-3-4-13(18-21-24-25-22-18)9-16(12)20-17(27)6-5-14-10-15-11-19-7-2-8-26(15)23-14/h3-4,9-10,19H,2,5-8,11H2,1H3,(H,20,27)(H,21,22,24,25). The highest BCUT2D eigenvalue weighted by molar-refractivity contribution is 5.92. The van der Waals surface area contributed by atoms with Gasteiger partial charge >= 0.3 is 0 Å². The van der Waals surface area contributed by atoms with E-state index in [9.17, 15) is 4.79 Å². The Kier molecular flexibility index (Phi) is 4.93. The quantitative estimate of drug-likeness (QED) is 0.630. The monoisotopic (exact) mass is 366 g/mol. The number of nitrogens with zero attached hydrogens (tertiary/aromatic N) is 5. The van der Waals surface area contributed by atoms with E-state index in [-0.39, 0.29) is 5.91 Å². The molecular formula is C18H22N8O. The van der Waals surface area contributed by atoms with Gasteiger partial charge in [-0.3, -0.25) is 9.48 Å². The second-order valence-corrected chi connectivity index (χ2v) is 6.69. The Morgan fingerprint density at radius 2 is 2.26 bits per heavy atom. The fraction of sp³-hybridized carbons (Fsp3) is 0.389. The van der Waals surface area contributed by atoms with Crippen molar-refractivity contribution >= 4 is 11.6 Å². The number of H-pyrrole nitrogens is 1. The van der Waals surface area contributed by atoms with Crippen LogP contribution in [0.25, 0.3) is 11.4 Å². The molecule has 1 amide bonds. The van der Waals surface area contributed by atoms with Crippen LogP contribution in [0.2, 0.25) is 0 Å². The first-order valence-corrected chi connectivity index (χ1v) is 9.10.